The fraction of sp³-hybridized carbons (Fsp3) is 0.562. The van der Waals surface area contributed by atoms with Gasteiger partial charge in [-0.3, -0.25) is 4.79 Å². The number of benzene rings is 1. The number of amides is 1. The van der Waals surface area contributed by atoms with Crippen LogP contribution in [-0.2, 0) is 4.79 Å². The van der Waals surface area contributed by atoms with E-state index in [1.165, 1.54) is 0 Å². The molecular weight excluding hydrogens is 304 g/mol. The first-order valence-corrected chi connectivity index (χ1v) is 7.83. The van der Waals surface area contributed by atoms with E-state index < -0.39 is 0 Å². The Kier molecular flexibility index (Phi) is 5.67. The number of hydrogen-bond acceptors (Lipinski definition) is 4. The molecule has 3 N–H and O–H groups in total. The van der Waals surface area contributed by atoms with E-state index in [-0.39, 0.29) is 24.0 Å². The molecule has 122 valence electrons. The van der Waals surface area contributed by atoms with Crippen LogP contribution in [0.15, 0.2) is 18.2 Å². The van der Waals surface area contributed by atoms with Crippen LogP contribution in [-0.4, -0.2) is 37.3 Å². The van der Waals surface area contributed by atoms with Gasteiger partial charge >= 0.3 is 0 Å². The molecule has 22 heavy (non-hydrogen) atoms. The monoisotopic (exact) mass is 326 g/mol. The minimum absolute atomic E-state index is 0.0363. The lowest BCUT2D eigenvalue weighted by atomic mass is 10.1. The van der Waals surface area contributed by atoms with E-state index in [1.54, 1.807) is 25.3 Å². The van der Waals surface area contributed by atoms with Crippen molar-refractivity contribution in [3.8, 4) is 5.75 Å². The van der Waals surface area contributed by atoms with E-state index in [9.17, 15) is 9.90 Å². The van der Waals surface area contributed by atoms with Crippen LogP contribution in [0.4, 0.5) is 5.69 Å². The molecule has 0 saturated heterocycles. The summed E-state index contributed by atoms with van der Waals surface area (Å²) in [6.45, 7) is 2.92. The molecule has 5 nitrogen and oxygen atoms in total. The van der Waals surface area contributed by atoms with E-state index in [0.717, 1.165) is 19.4 Å². The number of carbonyl (C=O) groups excluding carboxylic acids is 1. The molecular formula is C16H23ClN2O3. The molecule has 0 radical (unpaired) electrons. The highest BCUT2D eigenvalue weighted by Gasteiger charge is 2.41. The summed E-state index contributed by atoms with van der Waals surface area (Å²) in [4.78, 5) is 12.1. The van der Waals surface area contributed by atoms with Gasteiger partial charge in [-0.25, -0.2) is 0 Å². The summed E-state index contributed by atoms with van der Waals surface area (Å²) < 4.78 is 5.20. The number of ether oxygens (including phenoxy) is 1. The molecule has 1 unspecified atom stereocenters. The van der Waals surface area contributed by atoms with Gasteiger partial charge in [-0.15, -0.1) is 0 Å². The van der Waals surface area contributed by atoms with Crippen molar-refractivity contribution < 1.29 is 14.6 Å². The van der Waals surface area contributed by atoms with Crippen molar-refractivity contribution in [3.05, 3.63) is 23.2 Å². The molecule has 6 heteroatoms. The number of aliphatic hydroxyl groups excluding tert-OH is 1. The zero-order valence-electron chi connectivity index (χ0n) is 13.0. The van der Waals surface area contributed by atoms with Crippen LogP contribution < -0.4 is 15.4 Å². The molecule has 1 saturated carbocycles. The van der Waals surface area contributed by atoms with Crippen molar-refractivity contribution in [1.82, 2.24) is 5.32 Å². The maximum atomic E-state index is 12.1. The molecule has 0 aromatic heterocycles. The number of aliphatic hydroxyl groups is 1. The number of methoxy groups -OCH3 is 1. The third kappa shape index (κ3) is 4.60. The lowest BCUT2D eigenvalue weighted by Crippen LogP contribution is -2.36. The molecule has 0 aliphatic heterocycles. The number of rotatable bonds is 8. The quantitative estimate of drug-likeness (QED) is 0.686. The zero-order chi connectivity index (χ0) is 16.2. The summed E-state index contributed by atoms with van der Waals surface area (Å²) in [6, 6.07) is 5.14. The summed E-state index contributed by atoms with van der Waals surface area (Å²) in [5.41, 5.74) is 0.613. The van der Waals surface area contributed by atoms with Crippen molar-refractivity contribution >= 4 is 23.2 Å². The predicted octanol–water partition coefficient (Wildman–Crippen LogP) is 2.43. The maximum Gasteiger partial charge on any atom is 0.226 e. The van der Waals surface area contributed by atoms with Crippen molar-refractivity contribution in [2.24, 2.45) is 5.41 Å². The van der Waals surface area contributed by atoms with Crippen molar-refractivity contribution in [2.75, 3.05) is 25.6 Å². The first-order valence-electron chi connectivity index (χ1n) is 7.46. The second-order valence-corrected chi connectivity index (χ2v) is 6.47. The van der Waals surface area contributed by atoms with Gasteiger partial charge in [-0.1, -0.05) is 11.6 Å². The standard InChI is InChI=1S/C16H23ClN2O3/c1-11(18-9-16(10-20)5-6-16)7-15(21)19-13-8-12(17)3-4-14(13)22-2/h3-4,8,11,18,20H,5-7,9-10H2,1-2H3,(H,19,21). The fourth-order valence-electron chi connectivity index (χ4n) is 2.29. The van der Waals surface area contributed by atoms with Crippen molar-refractivity contribution in [1.29, 1.82) is 0 Å². The van der Waals surface area contributed by atoms with Crippen molar-refractivity contribution in [2.45, 2.75) is 32.2 Å². The number of halogens is 1. The lowest BCUT2D eigenvalue weighted by molar-refractivity contribution is -0.116. The Morgan fingerprint density at radius 2 is 2.23 bits per heavy atom. The van der Waals surface area contributed by atoms with Crippen LogP contribution in [0, 0.1) is 5.41 Å². The average Bonchev–Trinajstić information content (AvgIpc) is 3.26. The van der Waals surface area contributed by atoms with Crippen molar-refractivity contribution in [3.63, 3.8) is 0 Å². The first kappa shape index (κ1) is 17.1. The van der Waals surface area contributed by atoms with Gasteiger partial charge in [0.1, 0.15) is 5.75 Å². The Balaban J connectivity index is 1.83. The third-order valence-electron chi connectivity index (χ3n) is 4.05. The van der Waals surface area contributed by atoms with Gasteiger partial charge in [-0.05, 0) is 38.0 Å². The molecule has 1 fully saturated rings. The molecule has 1 aliphatic rings. The highest BCUT2D eigenvalue weighted by molar-refractivity contribution is 6.31. The summed E-state index contributed by atoms with van der Waals surface area (Å²) in [7, 11) is 1.55. The SMILES string of the molecule is COc1ccc(Cl)cc1NC(=O)CC(C)NCC1(CO)CC1. The second-order valence-electron chi connectivity index (χ2n) is 6.04. The second kappa shape index (κ2) is 7.31. The Bertz CT molecular complexity index is 532. The molecule has 1 aliphatic carbocycles. The van der Waals surface area contributed by atoms with E-state index in [1.807, 2.05) is 6.92 Å². The van der Waals surface area contributed by atoms with Crippen LogP contribution >= 0.6 is 11.6 Å². The van der Waals surface area contributed by atoms with Crippen LogP contribution in [0.25, 0.3) is 0 Å². The van der Waals surface area contributed by atoms with Gasteiger partial charge in [0.15, 0.2) is 0 Å². The number of anilines is 1. The molecule has 1 aromatic rings. The summed E-state index contributed by atoms with van der Waals surface area (Å²) >= 11 is 5.94. The van der Waals surface area contributed by atoms with E-state index >= 15 is 0 Å². The van der Waals surface area contributed by atoms with Crippen LogP contribution in [0.3, 0.4) is 0 Å². The largest absolute Gasteiger partial charge is 0.495 e. The fourth-order valence-corrected chi connectivity index (χ4v) is 2.46. The highest BCUT2D eigenvalue weighted by Crippen LogP contribution is 2.44. The molecule has 1 atom stereocenters. The minimum atomic E-state index is -0.102. The smallest absolute Gasteiger partial charge is 0.226 e. The Hall–Kier alpha value is -1.30. The predicted molar refractivity (Wildman–Crippen MR) is 87.5 cm³/mol. The maximum absolute atomic E-state index is 12.1. The van der Waals surface area contributed by atoms with Crippen LogP contribution in [0.1, 0.15) is 26.2 Å². The minimum Gasteiger partial charge on any atom is -0.495 e. The Morgan fingerprint density at radius 1 is 1.50 bits per heavy atom. The number of nitrogens with one attached hydrogen (secondary N) is 2. The molecule has 2 rings (SSSR count). The van der Waals surface area contributed by atoms with E-state index in [2.05, 4.69) is 10.6 Å². The third-order valence-corrected chi connectivity index (χ3v) is 4.28. The molecule has 0 spiro atoms. The molecule has 0 heterocycles. The van der Waals surface area contributed by atoms with E-state index in [0.29, 0.717) is 22.9 Å². The first-order chi connectivity index (χ1) is 10.5. The van der Waals surface area contributed by atoms with Crippen LogP contribution in [0.5, 0.6) is 5.75 Å². The van der Waals surface area contributed by atoms with Gasteiger partial charge in [0, 0.05) is 36.1 Å². The summed E-state index contributed by atoms with van der Waals surface area (Å²) in [6.07, 6.45) is 2.45. The Labute approximate surface area is 136 Å². The van der Waals surface area contributed by atoms with Gasteiger partial charge in [-0.2, -0.15) is 0 Å². The van der Waals surface area contributed by atoms with Crippen LogP contribution in [0.2, 0.25) is 5.02 Å². The highest BCUT2D eigenvalue weighted by atomic mass is 35.5. The molecule has 1 amide bonds. The number of carbonyl (C=O) groups is 1. The zero-order valence-corrected chi connectivity index (χ0v) is 13.7. The number of hydrogen-bond donors (Lipinski definition) is 3. The van der Waals surface area contributed by atoms with Gasteiger partial charge < -0.3 is 20.5 Å². The van der Waals surface area contributed by atoms with E-state index in [4.69, 9.17) is 16.3 Å². The topological polar surface area (TPSA) is 70.6 Å². The molecule has 1 aromatic carbocycles. The summed E-state index contributed by atoms with van der Waals surface area (Å²) in [5, 5.41) is 16.0. The lowest BCUT2D eigenvalue weighted by Gasteiger charge is -2.18. The average molecular weight is 327 g/mol. The van der Waals surface area contributed by atoms with Gasteiger partial charge in [0.05, 0.1) is 12.8 Å². The normalized spacial score (nSPS) is 16.9. The molecule has 0 bridgehead atoms. The summed E-state index contributed by atoms with van der Waals surface area (Å²) in [5.74, 6) is 0.477. The van der Waals surface area contributed by atoms with Gasteiger partial charge in [0.25, 0.3) is 0 Å². The van der Waals surface area contributed by atoms with Gasteiger partial charge in [0.2, 0.25) is 5.91 Å². The Morgan fingerprint density at radius 3 is 2.82 bits per heavy atom.